The van der Waals surface area contributed by atoms with Gasteiger partial charge >= 0.3 is 0 Å². The zero-order valence-electron chi connectivity index (χ0n) is 13.3. The standard InChI is InChI=1S/C16H22N6O/c1-21(16-13-2-3-18-15(13)19-9-20-16)12-4-10-7-22(14(23)6-17)8-11(10)5-12/h2-3,9-12H,4-8,17H2,1H3,(H,18,19,20)/t10-,11?,12+/m0/s1. The predicted molar refractivity (Wildman–Crippen MR) is 87.9 cm³/mol. The fourth-order valence-corrected chi connectivity index (χ4v) is 4.23. The summed E-state index contributed by atoms with van der Waals surface area (Å²) < 4.78 is 0. The lowest BCUT2D eigenvalue weighted by molar-refractivity contribution is -0.128. The maximum absolute atomic E-state index is 11.8. The molecule has 2 fully saturated rings. The summed E-state index contributed by atoms with van der Waals surface area (Å²) in [4.78, 5) is 27.9. The van der Waals surface area contributed by atoms with E-state index in [-0.39, 0.29) is 12.5 Å². The first-order valence-corrected chi connectivity index (χ1v) is 8.16. The van der Waals surface area contributed by atoms with Gasteiger partial charge in [-0.1, -0.05) is 0 Å². The number of hydrogen-bond acceptors (Lipinski definition) is 5. The fraction of sp³-hybridized carbons (Fsp3) is 0.562. The third kappa shape index (κ3) is 2.35. The highest BCUT2D eigenvalue weighted by atomic mass is 16.2. The van der Waals surface area contributed by atoms with Gasteiger partial charge in [-0.15, -0.1) is 0 Å². The minimum absolute atomic E-state index is 0.0779. The molecule has 3 heterocycles. The molecule has 23 heavy (non-hydrogen) atoms. The van der Waals surface area contributed by atoms with Crippen molar-refractivity contribution in [2.45, 2.75) is 18.9 Å². The number of carbonyl (C=O) groups excluding carboxylic acids is 1. The van der Waals surface area contributed by atoms with E-state index in [4.69, 9.17) is 5.73 Å². The Morgan fingerprint density at radius 1 is 1.39 bits per heavy atom. The molecule has 1 aliphatic carbocycles. The Balaban J connectivity index is 1.49. The lowest BCUT2D eigenvalue weighted by atomic mass is 10.0. The molecule has 1 saturated carbocycles. The number of H-pyrrole nitrogens is 1. The molecule has 122 valence electrons. The highest BCUT2D eigenvalue weighted by Gasteiger charge is 2.43. The van der Waals surface area contributed by atoms with Crippen LogP contribution in [0.5, 0.6) is 0 Å². The summed E-state index contributed by atoms with van der Waals surface area (Å²) >= 11 is 0. The average Bonchev–Trinajstić information content (AvgIpc) is 3.26. The number of amides is 1. The van der Waals surface area contributed by atoms with Gasteiger partial charge < -0.3 is 20.5 Å². The number of carbonyl (C=O) groups is 1. The Morgan fingerprint density at radius 2 is 2.13 bits per heavy atom. The lowest BCUT2D eigenvalue weighted by Crippen LogP contribution is -2.37. The third-order valence-electron chi connectivity index (χ3n) is 5.47. The molecule has 2 aromatic heterocycles. The van der Waals surface area contributed by atoms with Crippen LogP contribution in [-0.2, 0) is 4.79 Å². The minimum Gasteiger partial charge on any atom is -0.356 e. The Hall–Kier alpha value is -2.15. The second-order valence-corrected chi connectivity index (χ2v) is 6.70. The summed E-state index contributed by atoms with van der Waals surface area (Å²) in [6.07, 6.45) is 5.72. The summed E-state index contributed by atoms with van der Waals surface area (Å²) in [7, 11) is 2.11. The lowest BCUT2D eigenvalue weighted by Gasteiger charge is -2.27. The largest absolute Gasteiger partial charge is 0.356 e. The number of nitrogens with zero attached hydrogens (tertiary/aromatic N) is 4. The number of hydrogen-bond donors (Lipinski definition) is 2. The van der Waals surface area contributed by atoms with Gasteiger partial charge in [-0.2, -0.15) is 0 Å². The summed E-state index contributed by atoms with van der Waals surface area (Å²) in [6.45, 7) is 1.83. The van der Waals surface area contributed by atoms with Crippen LogP contribution in [0.4, 0.5) is 5.82 Å². The molecular formula is C16H22N6O. The monoisotopic (exact) mass is 314 g/mol. The molecule has 7 nitrogen and oxygen atoms in total. The summed E-state index contributed by atoms with van der Waals surface area (Å²) in [6, 6.07) is 2.49. The minimum atomic E-state index is 0.0779. The van der Waals surface area contributed by atoms with Gasteiger partial charge in [0, 0.05) is 32.4 Å². The van der Waals surface area contributed by atoms with E-state index < -0.39 is 0 Å². The van der Waals surface area contributed by atoms with Crippen LogP contribution < -0.4 is 10.6 Å². The third-order valence-corrected chi connectivity index (χ3v) is 5.47. The Morgan fingerprint density at radius 3 is 2.83 bits per heavy atom. The van der Waals surface area contributed by atoms with E-state index in [1.54, 1.807) is 6.33 Å². The molecule has 1 unspecified atom stereocenters. The smallest absolute Gasteiger partial charge is 0.236 e. The average molecular weight is 314 g/mol. The van der Waals surface area contributed by atoms with Crippen LogP contribution in [0.25, 0.3) is 11.0 Å². The normalized spacial score (nSPS) is 26.7. The van der Waals surface area contributed by atoms with Crippen LogP contribution in [0.2, 0.25) is 0 Å². The Bertz CT molecular complexity index is 714. The van der Waals surface area contributed by atoms with Gasteiger partial charge in [0.1, 0.15) is 17.8 Å². The first-order valence-electron chi connectivity index (χ1n) is 8.16. The maximum atomic E-state index is 11.8. The second-order valence-electron chi connectivity index (χ2n) is 6.70. The molecule has 2 aliphatic rings. The van der Waals surface area contributed by atoms with E-state index in [0.717, 1.165) is 42.8 Å². The van der Waals surface area contributed by atoms with Crippen LogP contribution in [0.1, 0.15) is 12.8 Å². The number of fused-ring (bicyclic) bond motifs is 2. The molecule has 7 heteroatoms. The number of likely N-dealkylation sites (tertiary alicyclic amines) is 1. The van der Waals surface area contributed by atoms with Gasteiger partial charge in [0.25, 0.3) is 0 Å². The van der Waals surface area contributed by atoms with Crippen molar-refractivity contribution in [2.75, 3.05) is 31.6 Å². The molecule has 0 radical (unpaired) electrons. The van der Waals surface area contributed by atoms with Crippen LogP contribution in [-0.4, -0.2) is 58.5 Å². The molecule has 1 amide bonds. The SMILES string of the molecule is CN(c1ncnc2[nH]ccc12)[C@H]1CC2CN(C(=O)CN)C[C@@H]2C1. The zero-order chi connectivity index (χ0) is 16.0. The number of rotatable bonds is 3. The number of nitrogens with two attached hydrogens (primary N) is 1. The van der Waals surface area contributed by atoms with Crippen molar-refractivity contribution >= 4 is 22.8 Å². The Kier molecular flexibility index (Phi) is 3.45. The highest BCUT2D eigenvalue weighted by Crippen LogP contribution is 2.41. The molecule has 0 bridgehead atoms. The first-order chi connectivity index (χ1) is 11.2. The summed E-state index contributed by atoms with van der Waals surface area (Å²) in [5.41, 5.74) is 6.35. The van der Waals surface area contributed by atoms with E-state index in [9.17, 15) is 4.79 Å². The summed E-state index contributed by atoms with van der Waals surface area (Å²) in [5.74, 6) is 2.23. The van der Waals surface area contributed by atoms with E-state index in [2.05, 4.69) is 26.9 Å². The van der Waals surface area contributed by atoms with E-state index in [0.29, 0.717) is 17.9 Å². The van der Waals surface area contributed by atoms with Crippen molar-refractivity contribution in [2.24, 2.45) is 17.6 Å². The van der Waals surface area contributed by atoms with Crippen molar-refractivity contribution in [3.63, 3.8) is 0 Å². The first kappa shape index (κ1) is 14.4. The fourth-order valence-electron chi connectivity index (χ4n) is 4.23. The van der Waals surface area contributed by atoms with Crippen LogP contribution >= 0.6 is 0 Å². The molecule has 3 N–H and O–H groups in total. The van der Waals surface area contributed by atoms with Crippen LogP contribution in [0.3, 0.4) is 0 Å². The predicted octanol–water partition coefficient (Wildman–Crippen LogP) is 0.590. The Labute approximate surface area is 134 Å². The molecule has 4 rings (SSSR count). The zero-order valence-corrected chi connectivity index (χ0v) is 13.3. The van der Waals surface area contributed by atoms with E-state index in [1.807, 2.05) is 17.2 Å². The molecule has 1 saturated heterocycles. The number of aromatic nitrogens is 3. The van der Waals surface area contributed by atoms with Gasteiger partial charge in [-0.3, -0.25) is 4.79 Å². The van der Waals surface area contributed by atoms with Gasteiger partial charge in [-0.05, 0) is 30.7 Å². The van der Waals surface area contributed by atoms with E-state index in [1.165, 1.54) is 0 Å². The molecule has 1 aliphatic heterocycles. The van der Waals surface area contributed by atoms with Gasteiger partial charge in [0.05, 0.1) is 11.9 Å². The highest BCUT2D eigenvalue weighted by molar-refractivity contribution is 5.87. The number of aromatic amines is 1. The van der Waals surface area contributed by atoms with Gasteiger partial charge in [0.2, 0.25) is 5.91 Å². The summed E-state index contributed by atoms with van der Waals surface area (Å²) in [5, 5.41) is 1.06. The topological polar surface area (TPSA) is 91.1 Å². The molecule has 2 aromatic rings. The second kappa shape index (κ2) is 5.49. The van der Waals surface area contributed by atoms with Crippen molar-refractivity contribution in [3.8, 4) is 0 Å². The van der Waals surface area contributed by atoms with Crippen molar-refractivity contribution < 1.29 is 4.79 Å². The van der Waals surface area contributed by atoms with Crippen molar-refractivity contribution in [1.29, 1.82) is 0 Å². The van der Waals surface area contributed by atoms with Gasteiger partial charge in [0.15, 0.2) is 0 Å². The molecule has 0 spiro atoms. The molecule has 3 atom stereocenters. The van der Waals surface area contributed by atoms with Crippen molar-refractivity contribution in [1.82, 2.24) is 19.9 Å². The molecule has 0 aromatic carbocycles. The van der Waals surface area contributed by atoms with Crippen LogP contribution in [0.15, 0.2) is 18.6 Å². The van der Waals surface area contributed by atoms with E-state index >= 15 is 0 Å². The van der Waals surface area contributed by atoms with Gasteiger partial charge in [-0.25, -0.2) is 9.97 Å². The number of nitrogens with one attached hydrogen (secondary N) is 1. The molecular weight excluding hydrogens is 292 g/mol. The van der Waals surface area contributed by atoms with Crippen LogP contribution in [0, 0.1) is 11.8 Å². The number of anilines is 1. The maximum Gasteiger partial charge on any atom is 0.236 e. The van der Waals surface area contributed by atoms with Crippen molar-refractivity contribution in [3.05, 3.63) is 18.6 Å². The quantitative estimate of drug-likeness (QED) is 0.865.